The molecule has 0 radical (unpaired) electrons. The molecule has 4 N–H and O–H groups in total. The predicted molar refractivity (Wildman–Crippen MR) is 109 cm³/mol. The largest absolute Gasteiger partial charge is 0.382 e. The van der Waals surface area contributed by atoms with Crippen molar-refractivity contribution in [1.82, 2.24) is 25.2 Å². The monoisotopic (exact) mass is 372 g/mol. The zero-order valence-corrected chi connectivity index (χ0v) is 15.9. The third-order valence-electron chi connectivity index (χ3n) is 4.08. The first-order chi connectivity index (χ1) is 12.7. The number of fused-ring (bicyclic) bond motifs is 3. The highest BCUT2D eigenvalue weighted by Crippen LogP contribution is 2.28. The lowest BCUT2D eigenvalue weighted by molar-refractivity contribution is 0.126. The van der Waals surface area contributed by atoms with Gasteiger partial charge in [-0.3, -0.25) is 0 Å². The summed E-state index contributed by atoms with van der Waals surface area (Å²) in [7, 11) is 0. The molecule has 0 fully saturated rings. The topological polar surface area (TPSA) is 90.0 Å². The van der Waals surface area contributed by atoms with Gasteiger partial charge in [-0.25, -0.2) is 9.97 Å². The zero-order valence-electron chi connectivity index (χ0n) is 15.1. The van der Waals surface area contributed by atoms with Gasteiger partial charge in [-0.1, -0.05) is 18.2 Å². The average Bonchev–Trinajstić information content (AvgIpc) is 3.00. The molecule has 2 aromatic heterocycles. The van der Waals surface area contributed by atoms with Crippen molar-refractivity contribution in [3.63, 3.8) is 0 Å². The van der Waals surface area contributed by atoms with Crippen molar-refractivity contribution < 1.29 is 4.74 Å². The molecule has 0 aliphatic carbocycles. The molecule has 8 heteroatoms. The maximum Gasteiger partial charge on any atom is 0.166 e. The standard InChI is InChI=1S/C18H24N6OS/c1-3-20-18(26)21-9-10-24-14(11-25-4-2)23-15-16(24)12-7-5-6-8-13(12)22-17(15)19/h5-8H,3-4,9-11H2,1-2H3,(H2,19,22)(H2,20,21,26). The number of anilines is 1. The van der Waals surface area contributed by atoms with E-state index >= 15 is 0 Å². The van der Waals surface area contributed by atoms with Crippen molar-refractivity contribution in [3.05, 3.63) is 30.1 Å². The van der Waals surface area contributed by atoms with Gasteiger partial charge in [0.05, 0.1) is 11.0 Å². The fourth-order valence-electron chi connectivity index (χ4n) is 2.95. The van der Waals surface area contributed by atoms with E-state index in [1.807, 2.05) is 38.1 Å². The van der Waals surface area contributed by atoms with Crippen LogP contribution >= 0.6 is 12.2 Å². The number of nitrogens with two attached hydrogens (primary N) is 1. The summed E-state index contributed by atoms with van der Waals surface area (Å²) in [6, 6.07) is 7.96. The molecule has 1 aromatic carbocycles. The molecular weight excluding hydrogens is 348 g/mol. The van der Waals surface area contributed by atoms with Gasteiger partial charge in [0.25, 0.3) is 0 Å². The van der Waals surface area contributed by atoms with Gasteiger partial charge in [0.1, 0.15) is 17.9 Å². The Morgan fingerprint density at radius 3 is 2.81 bits per heavy atom. The minimum absolute atomic E-state index is 0.427. The van der Waals surface area contributed by atoms with Gasteiger partial charge in [0, 0.05) is 31.6 Å². The van der Waals surface area contributed by atoms with Crippen LogP contribution in [-0.2, 0) is 17.9 Å². The van der Waals surface area contributed by atoms with Crippen LogP contribution in [0.3, 0.4) is 0 Å². The minimum atomic E-state index is 0.427. The van der Waals surface area contributed by atoms with E-state index in [2.05, 4.69) is 20.2 Å². The summed E-state index contributed by atoms with van der Waals surface area (Å²) in [5.74, 6) is 1.27. The van der Waals surface area contributed by atoms with Gasteiger partial charge < -0.3 is 25.7 Å². The summed E-state index contributed by atoms with van der Waals surface area (Å²) in [5.41, 5.74) is 8.74. The number of nitrogens with zero attached hydrogens (tertiary/aromatic N) is 3. The average molecular weight is 372 g/mol. The van der Waals surface area contributed by atoms with Crippen LogP contribution in [0.5, 0.6) is 0 Å². The summed E-state index contributed by atoms with van der Waals surface area (Å²) in [6.45, 7) is 7.19. The van der Waals surface area contributed by atoms with E-state index in [1.165, 1.54) is 0 Å². The van der Waals surface area contributed by atoms with E-state index in [0.29, 0.717) is 42.8 Å². The van der Waals surface area contributed by atoms with Crippen LogP contribution in [0.25, 0.3) is 21.9 Å². The van der Waals surface area contributed by atoms with Gasteiger partial charge in [-0.2, -0.15) is 0 Å². The Morgan fingerprint density at radius 1 is 1.23 bits per heavy atom. The van der Waals surface area contributed by atoms with Crippen LogP contribution in [0, 0.1) is 0 Å². The maximum absolute atomic E-state index is 6.18. The SMILES string of the molecule is CCNC(=S)NCCn1c(COCC)nc2c(N)nc3ccccc3c21. The molecule has 7 nitrogen and oxygen atoms in total. The number of ether oxygens (including phenoxy) is 1. The second-order valence-corrected chi connectivity index (χ2v) is 6.22. The fourth-order valence-corrected chi connectivity index (χ4v) is 3.20. The first kappa shape index (κ1) is 18.3. The fraction of sp³-hybridized carbons (Fsp3) is 0.389. The van der Waals surface area contributed by atoms with Crippen LogP contribution in [0.15, 0.2) is 24.3 Å². The number of benzene rings is 1. The Balaban J connectivity index is 2.03. The molecule has 26 heavy (non-hydrogen) atoms. The molecule has 2 heterocycles. The lowest BCUT2D eigenvalue weighted by atomic mass is 10.2. The van der Waals surface area contributed by atoms with E-state index in [4.69, 9.17) is 27.7 Å². The number of para-hydroxylation sites is 1. The number of hydrogen-bond donors (Lipinski definition) is 3. The highest BCUT2D eigenvalue weighted by molar-refractivity contribution is 7.80. The van der Waals surface area contributed by atoms with Crippen LogP contribution in [0.4, 0.5) is 5.82 Å². The number of rotatable bonds is 7. The number of thiocarbonyl (C=S) groups is 1. The molecule has 0 aliphatic heterocycles. The first-order valence-electron chi connectivity index (χ1n) is 8.78. The summed E-state index contributed by atoms with van der Waals surface area (Å²) < 4.78 is 7.75. The van der Waals surface area contributed by atoms with Crippen molar-refractivity contribution in [2.24, 2.45) is 0 Å². The van der Waals surface area contributed by atoms with Crippen molar-refractivity contribution in [2.75, 3.05) is 25.4 Å². The third-order valence-corrected chi connectivity index (χ3v) is 4.37. The van der Waals surface area contributed by atoms with Crippen molar-refractivity contribution >= 4 is 45.1 Å². The van der Waals surface area contributed by atoms with Gasteiger partial charge in [0.2, 0.25) is 0 Å². The summed E-state index contributed by atoms with van der Waals surface area (Å²) in [5, 5.41) is 7.98. The Hall–Kier alpha value is -2.45. The van der Waals surface area contributed by atoms with Crippen LogP contribution in [-0.4, -0.2) is 39.3 Å². The van der Waals surface area contributed by atoms with Crippen LogP contribution in [0.2, 0.25) is 0 Å². The van der Waals surface area contributed by atoms with E-state index in [1.54, 1.807) is 0 Å². The van der Waals surface area contributed by atoms with E-state index in [0.717, 1.165) is 28.8 Å². The minimum Gasteiger partial charge on any atom is -0.382 e. The second kappa shape index (κ2) is 8.29. The Kier molecular flexibility index (Phi) is 5.85. The lowest BCUT2D eigenvalue weighted by Gasteiger charge is -2.13. The molecule has 3 rings (SSSR count). The molecule has 0 saturated heterocycles. The molecular formula is C18H24N6OS. The number of imidazole rings is 1. The number of hydrogen-bond acceptors (Lipinski definition) is 5. The predicted octanol–water partition coefficient (Wildman–Crippen LogP) is 2.19. The molecule has 0 amide bonds. The van der Waals surface area contributed by atoms with E-state index < -0.39 is 0 Å². The Labute approximate surface area is 157 Å². The second-order valence-electron chi connectivity index (χ2n) is 5.81. The van der Waals surface area contributed by atoms with Gasteiger partial charge >= 0.3 is 0 Å². The lowest BCUT2D eigenvalue weighted by Crippen LogP contribution is -2.36. The number of pyridine rings is 1. The Morgan fingerprint density at radius 2 is 2.04 bits per heavy atom. The number of nitrogen functional groups attached to an aromatic ring is 1. The quantitative estimate of drug-likeness (QED) is 0.548. The van der Waals surface area contributed by atoms with Crippen molar-refractivity contribution in [3.8, 4) is 0 Å². The third kappa shape index (κ3) is 3.71. The highest BCUT2D eigenvalue weighted by atomic mass is 32.1. The van der Waals surface area contributed by atoms with Gasteiger partial charge in [-0.05, 0) is 32.1 Å². The van der Waals surface area contributed by atoms with E-state index in [-0.39, 0.29) is 0 Å². The van der Waals surface area contributed by atoms with Crippen molar-refractivity contribution in [2.45, 2.75) is 27.0 Å². The zero-order chi connectivity index (χ0) is 18.5. The maximum atomic E-state index is 6.18. The molecule has 0 spiro atoms. The normalized spacial score (nSPS) is 11.2. The smallest absolute Gasteiger partial charge is 0.166 e. The van der Waals surface area contributed by atoms with Gasteiger partial charge in [-0.15, -0.1) is 0 Å². The summed E-state index contributed by atoms with van der Waals surface area (Å²) >= 11 is 5.24. The molecule has 0 unspecified atom stereocenters. The summed E-state index contributed by atoms with van der Waals surface area (Å²) in [4.78, 5) is 9.19. The highest BCUT2D eigenvalue weighted by Gasteiger charge is 2.17. The number of nitrogens with one attached hydrogen (secondary N) is 2. The molecule has 0 bridgehead atoms. The van der Waals surface area contributed by atoms with Crippen molar-refractivity contribution in [1.29, 1.82) is 0 Å². The molecule has 3 aromatic rings. The van der Waals surface area contributed by atoms with Crippen LogP contribution < -0.4 is 16.4 Å². The van der Waals surface area contributed by atoms with Gasteiger partial charge in [0.15, 0.2) is 10.9 Å². The molecule has 138 valence electrons. The summed E-state index contributed by atoms with van der Waals surface area (Å²) in [6.07, 6.45) is 0. The Bertz CT molecular complexity index is 923. The van der Waals surface area contributed by atoms with E-state index in [9.17, 15) is 0 Å². The molecule has 0 aliphatic rings. The first-order valence-corrected chi connectivity index (χ1v) is 9.19. The molecule has 0 saturated carbocycles. The van der Waals surface area contributed by atoms with Crippen LogP contribution in [0.1, 0.15) is 19.7 Å². The number of aromatic nitrogens is 3. The molecule has 0 atom stereocenters.